The predicted octanol–water partition coefficient (Wildman–Crippen LogP) is 3.51. The lowest BCUT2D eigenvalue weighted by molar-refractivity contribution is -0.137. The van der Waals surface area contributed by atoms with Crippen LogP contribution >= 0.6 is 0 Å². The maximum Gasteiger partial charge on any atom is 0.416 e. The van der Waals surface area contributed by atoms with Crippen LogP contribution in [0, 0.1) is 0 Å². The molecule has 3 aromatic rings. The van der Waals surface area contributed by atoms with Crippen molar-refractivity contribution in [3.05, 3.63) is 71.7 Å². The fraction of sp³-hybridized carbons (Fsp3) is 0.429. The van der Waals surface area contributed by atoms with Gasteiger partial charge in [-0.15, -0.1) is 0 Å². The van der Waals surface area contributed by atoms with E-state index in [9.17, 15) is 27.9 Å². The van der Waals surface area contributed by atoms with Crippen LogP contribution in [-0.2, 0) is 16.6 Å². The Kier molecular flexibility index (Phi) is 7.90. The third-order valence-corrected chi connectivity index (χ3v) is 7.70. The number of likely N-dealkylation sites (tertiary alicyclic amines) is 1. The van der Waals surface area contributed by atoms with Gasteiger partial charge in [0.25, 0.3) is 5.91 Å². The van der Waals surface area contributed by atoms with Crippen molar-refractivity contribution in [1.82, 2.24) is 25.5 Å². The molecule has 3 heterocycles. The van der Waals surface area contributed by atoms with Crippen LogP contribution in [0.1, 0.15) is 53.6 Å². The number of nitrogens with zero attached hydrogens (tertiary/aromatic N) is 3. The zero-order chi connectivity index (χ0) is 28.3. The van der Waals surface area contributed by atoms with Gasteiger partial charge in [0.15, 0.2) is 0 Å². The molecule has 0 radical (unpaired) electrons. The van der Waals surface area contributed by atoms with Gasteiger partial charge in [0.05, 0.1) is 23.9 Å². The molecule has 12 heteroatoms. The van der Waals surface area contributed by atoms with E-state index in [2.05, 4.69) is 25.5 Å². The summed E-state index contributed by atoms with van der Waals surface area (Å²) >= 11 is 0. The molecular weight excluding hydrogens is 527 g/mol. The van der Waals surface area contributed by atoms with Gasteiger partial charge in [-0.25, -0.2) is 4.98 Å². The highest BCUT2D eigenvalue weighted by molar-refractivity contribution is 5.96. The maximum absolute atomic E-state index is 12.9. The van der Waals surface area contributed by atoms with Gasteiger partial charge in [0.1, 0.15) is 12.0 Å². The molecule has 1 aliphatic heterocycles. The number of aliphatic hydroxyl groups is 1. The number of rotatable bonds is 7. The van der Waals surface area contributed by atoms with Crippen molar-refractivity contribution in [2.24, 2.45) is 0 Å². The molecule has 1 saturated heterocycles. The van der Waals surface area contributed by atoms with Gasteiger partial charge in [-0.3, -0.25) is 19.5 Å². The maximum atomic E-state index is 12.9. The minimum atomic E-state index is -4.56. The van der Waals surface area contributed by atoms with Crippen molar-refractivity contribution in [3.8, 4) is 11.6 Å². The molecule has 1 saturated carbocycles. The minimum absolute atomic E-state index is 0.0919. The Bertz CT molecular complexity index is 1320. The SMILES string of the molecule is O=C(CNC(=O)c1cccc(C(F)(F)F)c1)N[C@@H]1CCN(C2CCC(O)(c3ccc(-c4ncco4)nc3)CC2)C1. The van der Waals surface area contributed by atoms with Gasteiger partial charge < -0.3 is 20.2 Å². The number of nitrogens with one attached hydrogen (secondary N) is 2. The first-order chi connectivity index (χ1) is 19.1. The fourth-order valence-electron chi connectivity index (χ4n) is 5.49. The smallest absolute Gasteiger partial charge is 0.416 e. The second-order valence-electron chi connectivity index (χ2n) is 10.3. The third-order valence-electron chi connectivity index (χ3n) is 7.70. The first-order valence-corrected chi connectivity index (χ1v) is 13.2. The number of oxazole rings is 1. The highest BCUT2D eigenvalue weighted by Gasteiger charge is 2.39. The van der Waals surface area contributed by atoms with Gasteiger partial charge in [-0.2, -0.15) is 13.2 Å². The summed E-state index contributed by atoms with van der Waals surface area (Å²) in [6.07, 6.45) is 3.68. The zero-order valence-electron chi connectivity index (χ0n) is 21.7. The van der Waals surface area contributed by atoms with E-state index in [0.717, 1.165) is 49.6 Å². The summed E-state index contributed by atoms with van der Waals surface area (Å²) in [5, 5.41) is 16.6. The molecular formula is C28H30F3N5O4. The molecule has 212 valence electrons. The minimum Gasteiger partial charge on any atom is -0.443 e. The average Bonchev–Trinajstić information content (AvgIpc) is 3.65. The molecule has 1 atom stereocenters. The number of hydrogen-bond acceptors (Lipinski definition) is 7. The Hall–Kier alpha value is -3.77. The Balaban J connectivity index is 1.06. The second-order valence-corrected chi connectivity index (χ2v) is 10.3. The lowest BCUT2D eigenvalue weighted by Crippen LogP contribution is -2.45. The summed E-state index contributed by atoms with van der Waals surface area (Å²) in [5.41, 5.74) is -0.669. The molecule has 0 unspecified atom stereocenters. The summed E-state index contributed by atoms with van der Waals surface area (Å²) < 4.78 is 43.9. The largest absolute Gasteiger partial charge is 0.443 e. The van der Waals surface area contributed by atoms with Crippen LogP contribution in [0.25, 0.3) is 11.6 Å². The van der Waals surface area contributed by atoms with Crippen LogP contribution < -0.4 is 10.6 Å². The van der Waals surface area contributed by atoms with Crippen molar-refractivity contribution in [1.29, 1.82) is 0 Å². The summed E-state index contributed by atoms with van der Waals surface area (Å²) in [6.45, 7) is 1.13. The van der Waals surface area contributed by atoms with Gasteiger partial charge in [-0.1, -0.05) is 12.1 Å². The van der Waals surface area contributed by atoms with Crippen LogP contribution in [0.5, 0.6) is 0 Å². The van der Waals surface area contributed by atoms with E-state index in [4.69, 9.17) is 4.42 Å². The lowest BCUT2D eigenvalue weighted by Gasteiger charge is -2.39. The van der Waals surface area contributed by atoms with Crippen molar-refractivity contribution < 1.29 is 32.3 Å². The highest BCUT2D eigenvalue weighted by atomic mass is 19.4. The van der Waals surface area contributed by atoms with Crippen LogP contribution in [0.15, 0.2) is 59.5 Å². The molecule has 0 bridgehead atoms. The second kappa shape index (κ2) is 11.4. The van der Waals surface area contributed by atoms with E-state index in [0.29, 0.717) is 31.0 Å². The topological polar surface area (TPSA) is 121 Å². The number of carbonyl (C=O) groups excluding carboxylic acids is 2. The van der Waals surface area contributed by atoms with E-state index >= 15 is 0 Å². The molecule has 9 nitrogen and oxygen atoms in total. The third kappa shape index (κ3) is 6.34. The highest BCUT2D eigenvalue weighted by Crippen LogP contribution is 2.39. The first-order valence-electron chi connectivity index (χ1n) is 13.2. The van der Waals surface area contributed by atoms with Crippen LogP contribution in [0.4, 0.5) is 13.2 Å². The van der Waals surface area contributed by atoms with Gasteiger partial charge in [-0.05, 0) is 56.4 Å². The molecule has 5 rings (SSSR count). The summed E-state index contributed by atoms with van der Waals surface area (Å²) in [7, 11) is 0. The van der Waals surface area contributed by atoms with Crippen LogP contribution in [0.3, 0.4) is 0 Å². The number of aromatic nitrogens is 2. The van der Waals surface area contributed by atoms with Crippen molar-refractivity contribution >= 4 is 11.8 Å². The standard InChI is InChI=1S/C28H30F3N5O4/c29-28(30,31)19-3-1-2-18(14-19)25(38)34-16-24(37)35-21-8-12-36(17-21)22-6-9-27(39,10-7-22)20-4-5-23(33-15-20)26-32-11-13-40-26/h1-5,11,13-15,21-22,39H,6-10,12,16-17H2,(H,34,38)(H,35,37)/t21-,22?,27?/m1/s1. The molecule has 40 heavy (non-hydrogen) atoms. The average molecular weight is 558 g/mol. The van der Waals surface area contributed by atoms with E-state index in [1.54, 1.807) is 18.5 Å². The van der Waals surface area contributed by atoms with Crippen molar-refractivity contribution in [2.75, 3.05) is 19.6 Å². The number of halogens is 3. The summed E-state index contributed by atoms with van der Waals surface area (Å²) in [6, 6.07) is 7.92. The van der Waals surface area contributed by atoms with E-state index in [-0.39, 0.29) is 24.2 Å². The number of alkyl halides is 3. The number of hydrogen-bond donors (Lipinski definition) is 3. The van der Waals surface area contributed by atoms with Crippen LogP contribution in [-0.4, -0.2) is 63.5 Å². The quantitative estimate of drug-likeness (QED) is 0.407. The normalized spacial score (nSPS) is 23.6. The van der Waals surface area contributed by atoms with E-state index in [1.165, 1.54) is 12.3 Å². The molecule has 2 amide bonds. The summed E-state index contributed by atoms with van der Waals surface area (Å²) in [4.78, 5) is 35.5. The molecule has 1 aliphatic carbocycles. The first kappa shape index (κ1) is 27.8. The van der Waals surface area contributed by atoms with Crippen molar-refractivity contribution in [2.45, 2.75) is 56.0 Å². The van der Waals surface area contributed by atoms with E-state index < -0.39 is 29.2 Å². The van der Waals surface area contributed by atoms with Crippen molar-refractivity contribution in [3.63, 3.8) is 0 Å². The van der Waals surface area contributed by atoms with Gasteiger partial charge in [0.2, 0.25) is 11.8 Å². The molecule has 0 spiro atoms. The number of amides is 2. The zero-order valence-corrected chi connectivity index (χ0v) is 21.7. The number of pyridine rings is 1. The Labute approximate surface area is 228 Å². The van der Waals surface area contributed by atoms with E-state index in [1.807, 2.05) is 6.07 Å². The molecule has 2 aliphatic rings. The lowest BCUT2D eigenvalue weighted by atomic mass is 9.78. The predicted molar refractivity (Wildman–Crippen MR) is 138 cm³/mol. The Morgan fingerprint density at radius 1 is 1.12 bits per heavy atom. The molecule has 1 aromatic carbocycles. The molecule has 3 N–H and O–H groups in total. The summed E-state index contributed by atoms with van der Waals surface area (Å²) in [5.74, 6) is -0.714. The monoisotopic (exact) mass is 557 g/mol. The van der Waals surface area contributed by atoms with Crippen LogP contribution in [0.2, 0.25) is 0 Å². The number of benzene rings is 1. The Morgan fingerprint density at radius 2 is 1.93 bits per heavy atom. The fourth-order valence-corrected chi connectivity index (χ4v) is 5.49. The number of carbonyl (C=O) groups is 2. The molecule has 2 aromatic heterocycles. The Morgan fingerprint density at radius 3 is 2.60 bits per heavy atom. The molecule has 2 fully saturated rings. The van der Waals surface area contributed by atoms with Gasteiger partial charge >= 0.3 is 6.18 Å². The van der Waals surface area contributed by atoms with Gasteiger partial charge in [0, 0.05) is 42.5 Å².